The topological polar surface area (TPSA) is 67.2 Å². The van der Waals surface area contributed by atoms with Crippen LogP contribution in [-0.4, -0.2) is 31.6 Å². The lowest BCUT2D eigenvalue weighted by atomic mass is 9.83. The number of nitrogens with two attached hydrogens (primary N) is 1. The van der Waals surface area contributed by atoms with E-state index < -0.39 is 0 Å². The maximum Gasteiger partial charge on any atom is 0.223 e. The zero-order chi connectivity index (χ0) is 13.0. The van der Waals surface area contributed by atoms with Gasteiger partial charge in [0.05, 0.1) is 0 Å². The fourth-order valence-corrected chi connectivity index (χ4v) is 3.10. The van der Waals surface area contributed by atoms with Gasteiger partial charge >= 0.3 is 0 Å². The third-order valence-electron chi connectivity index (χ3n) is 4.73. The second kappa shape index (κ2) is 6.53. The summed E-state index contributed by atoms with van der Waals surface area (Å²) < 4.78 is 0. The molecule has 2 rings (SSSR count). The average Bonchev–Trinajstić information content (AvgIpc) is 2.34. The first-order valence-electron chi connectivity index (χ1n) is 7.43. The molecule has 4 heteroatoms. The average molecular weight is 253 g/mol. The second-order valence-corrected chi connectivity index (χ2v) is 5.96. The Morgan fingerprint density at radius 2 is 1.94 bits per heavy atom. The fraction of sp³-hybridized carbons (Fsp3) is 0.929. The van der Waals surface area contributed by atoms with E-state index in [-0.39, 0.29) is 17.9 Å². The van der Waals surface area contributed by atoms with Crippen molar-refractivity contribution in [2.75, 3.05) is 19.6 Å². The smallest absolute Gasteiger partial charge is 0.223 e. The Labute approximate surface area is 110 Å². The number of rotatable bonds is 5. The van der Waals surface area contributed by atoms with Gasteiger partial charge in [-0.3, -0.25) is 4.79 Å². The van der Waals surface area contributed by atoms with Crippen LogP contribution in [0.1, 0.15) is 39.0 Å². The Hall–Kier alpha value is -0.610. The molecule has 0 spiro atoms. The summed E-state index contributed by atoms with van der Waals surface area (Å²) in [5.41, 5.74) is 5.85. The van der Waals surface area contributed by atoms with Crippen LogP contribution in [0.3, 0.4) is 0 Å². The van der Waals surface area contributed by atoms with E-state index in [0.717, 1.165) is 13.1 Å². The molecule has 0 aromatic rings. The van der Waals surface area contributed by atoms with Gasteiger partial charge in [-0.15, -0.1) is 0 Å². The molecule has 1 aliphatic carbocycles. The summed E-state index contributed by atoms with van der Waals surface area (Å²) in [4.78, 5) is 12.2. The molecule has 1 saturated carbocycles. The summed E-state index contributed by atoms with van der Waals surface area (Å²) in [6.07, 6.45) is 6.37. The molecule has 2 unspecified atom stereocenters. The molecule has 4 N–H and O–H groups in total. The maximum absolute atomic E-state index is 12.2. The first-order chi connectivity index (χ1) is 8.72. The van der Waals surface area contributed by atoms with Gasteiger partial charge in [-0.2, -0.15) is 0 Å². The Morgan fingerprint density at radius 3 is 2.44 bits per heavy atom. The molecule has 2 fully saturated rings. The standard InChI is InChI=1S/C14H27N3O/c1-10(12-8-16-9-12)14(18)17-13(7-15)11-5-3-2-4-6-11/h10-13,16H,2-9,15H2,1H3,(H,17,18). The molecule has 2 aliphatic rings. The van der Waals surface area contributed by atoms with Gasteiger partial charge in [0.1, 0.15) is 0 Å². The fourth-order valence-electron chi connectivity index (χ4n) is 3.10. The molecule has 18 heavy (non-hydrogen) atoms. The molecule has 0 aromatic heterocycles. The van der Waals surface area contributed by atoms with Gasteiger partial charge in [-0.25, -0.2) is 0 Å². The zero-order valence-corrected chi connectivity index (χ0v) is 11.5. The molecule has 104 valence electrons. The number of carbonyl (C=O) groups is 1. The van der Waals surface area contributed by atoms with Gasteiger partial charge in [-0.05, 0) is 37.8 Å². The summed E-state index contributed by atoms with van der Waals surface area (Å²) in [6.45, 7) is 4.57. The minimum Gasteiger partial charge on any atom is -0.352 e. The van der Waals surface area contributed by atoms with Crippen molar-refractivity contribution in [1.82, 2.24) is 10.6 Å². The zero-order valence-electron chi connectivity index (χ0n) is 11.5. The Morgan fingerprint density at radius 1 is 1.28 bits per heavy atom. The SMILES string of the molecule is CC(C(=O)NC(CN)C1CCCCC1)C1CNC1. The van der Waals surface area contributed by atoms with Crippen LogP contribution in [-0.2, 0) is 4.79 Å². The Bertz CT molecular complexity index is 272. The molecule has 4 nitrogen and oxygen atoms in total. The van der Waals surface area contributed by atoms with Crippen LogP contribution in [0.2, 0.25) is 0 Å². The minimum atomic E-state index is 0.115. The van der Waals surface area contributed by atoms with E-state index in [1.54, 1.807) is 0 Å². The highest BCUT2D eigenvalue weighted by atomic mass is 16.2. The van der Waals surface area contributed by atoms with Crippen LogP contribution in [0.25, 0.3) is 0 Å². The lowest BCUT2D eigenvalue weighted by Crippen LogP contribution is -2.53. The van der Waals surface area contributed by atoms with Gasteiger partial charge < -0.3 is 16.4 Å². The molecule has 1 aliphatic heterocycles. The number of nitrogens with one attached hydrogen (secondary N) is 2. The van der Waals surface area contributed by atoms with Crippen molar-refractivity contribution in [2.24, 2.45) is 23.5 Å². The quantitative estimate of drug-likeness (QED) is 0.681. The molecule has 0 aromatic carbocycles. The second-order valence-electron chi connectivity index (χ2n) is 5.96. The summed E-state index contributed by atoms with van der Waals surface area (Å²) in [7, 11) is 0. The van der Waals surface area contributed by atoms with Crippen LogP contribution in [0.5, 0.6) is 0 Å². The van der Waals surface area contributed by atoms with Gasteiger partial charge in [0.15, 0.2) is 0 Å². The Kier molecular flexibility index (Phi) is 5.01. The molecule has 1 heterocycles. The summed E-state index contributed by atoms with van der Waals surface area (Å²) in [5, 5.41) is 6.42. The number of hydrogen-bond donors (Lipinski definition) is 3. The van der Waals surface area contributed by atoms with E-state index in [9.17, 15) is 4.79 Å². The number of amides is 1. The van der Waals surface area contributed by atoms with E-state index in [0.29, 0.717) is 18.4 Å². The molecular formula is C14H27N3O. The van der Waals surface area contributed by atoms with Crippen LogP contribution in [0.15, 0.2) is 0 Å². The van der Waals surface area contributed by atoms with Crippen molar-refractivity contribution in [3.05, 3.63) is 0 Å². The van der Waals surface area contributed by atoms with Crippen molar-refractivity contribution in [3.8, 4) is 0 Å². The van der Waals surface area contributed by atoms with E-state index in [1.165, 1.54) is 32.1 Å². The van der Waals surface area contributed by atoms with Crippen LogP contribution in [0.4, 0.5) is 0 Å². The first-order valence-corrected chi connectivity index (χ1v) is 7.43. The van der Waals surface area contributed by atoms with E-state index >= 15 is 0 Å². The Balaban J connectivity index is 1.82. The maximum atomic E-state index is 12.2. The van der Waals surface area contributed by atoms with Gasteiger partial charge in [0.2, 0.25) is 5.91 Å². The van der Waals surface area contributed by atoms with Gasteiger partial charge in [-0.1, -0.05) is 26.2 Å². The molecular weight excluding hydrogens is 226 g/mol. The highest BCUT2D eigenvalue weighted by Gasteiger charge is 2.31. The van der Waals surface area contributed by atoms with E-state index in [1.807, 2.05) is 6.92 Å². The van der Waals surface area contributed by atoms with Crippen molar-refractivity contribution in [2.45, 2.75) is 45.1 Å². The highest BCUT2D eigenvalue weighted by molar-refractivity contribution is 5.79. The highest BCUT2D eigenvalue weighted by Crippen LogP contribution is 2.26. The lowest BCUT2D eigenvalue weighted by Gasteiger charge is -2.35. The van der Waals surface area contributed by atoms with Crippen LogP contribution in [0, 0.1) is 17.8 Å². The minimum absolute atomic E-state index is 0.115. The predicted molar refractivity (Wildman–Crippen MR) is 73.1 cm³/mol. The third kappa shape index (κ3) is 3.23. The summed E-state index contributed by atoms with van der Waals surface area (Å²) in [5.74, 6) is 1.42. The van der Waals surface area contributed by atoms with Gasteiger partial charge in [0.25, 0.3) is 0 Å². The normalized spacial score (nSPS) is 25.2. The molecule has 0 bridgehead atoms. The number of hydrogen-bond acceptors (Lipinski definition) is 3. The predicted octanol–water partition coefficient (Wildman–Crippen LogP) is 0.866. The molecule has 1 amide bonds. The van der Waals surface area contributed by atoms with E-state index in [2.05, 4.69) is 10.6 Å². The van der Waals surface area contributed by atoms with Crippen molar-refractivity contribution >= 4 is 5.91 Å². The number of carbonyl (C=O) groups excluding carboxylic acids is 1. The third-order valence-corrected chi connectivity index (χ3v) is 4.73. The summed E-state index contributed by atoms with van der Waals surface area (Å²) in [6, 6.07) is 0.188. The summed E-state index contributed by atoms with van der Waals surface area (Å²) >= 11 is 0. The van der Waals surface area contributed by atoms with Gasteiger partial charge in [0, 0.05) is 18.5 Å². The van der Waals surface area contributed by atoms with Crippen molar-refractivity contribution in [1.29, 1.82) is 0 Å². The lowest BCUT2D eigenvalue weighted by molar-refractivity contribution is -0.127. The molecule has 2 atom stereocenters. The van der Waals surface area contributed by atoms with Crippen LogP contribution >= 0.6 is 0 Å². The first kappa shape index (κ1) is 13.8. The van der Waals surface area contributed by atoms with E-state index in [4.69, 9.17) is 5.73 Å². The van der Waals surface area contributed by atoms with Crippen LogP contribution < -0.4 is 16.4 Å². The van der Waals surface area contributed by atoms with Crippen molar-refractivity contribution in [3.63, 3.8) is 0 Å². The largest absolute Gasteiger partial charge is 0.352 e. The molecule has 0 radical (unpaired) electrons. The van der Waals surface area contributed by atoms with Crippen molar-refractivity contribution < 1.29 is 4.79 Å². The molecule has 1 saturated heterocycles. The monoisotopic (exact) mass is 253 g/mol.